The van der Waals surface area contributed by atoms with Gasteiger partial charge in [0.1, 0.15) is 5.78 Å². The Morgan fingerprint density at radius 3 is 2.50 bits per heavy atom. The minimum Gasteiger partial charge on any atom is -0.303 e. The molecule has 94 valence electrons. The van der Waals surface area contributed by atoms with Gasteiger partial charge in [0.25, 0.3) is 0 Å². The molecule has 3 atom stereocenters. The van der Waals surface area contributed by atoms with Crippen LogP contribution in [0.5, 0.6) is 0 Å². The molecule has 0 amide bonds. The molecule has 0 radical (unpaired) electrons. The lowest BCUT2D eigenvalue weighted by atomic mass is 9.74. The third-order valence-corrected chi connectivity index (χ3v) is 3.87. The van der Waals surface area contributed by atoms with Gasteiger partial charge in [0.15, 0.2) is 0 Å². The molecule has 0 N–H and O–H groups in total. The van der Waals surface area contributed by atoms with E-state index in [4.69, 9.17) is 0 Å². The number of Topliss-reactive ketones (excluding diaryl/α,β-unsaturated/α-hetero) is 1. The predicted octanol–water partition coefficient (Wildman–Crippen LogP) is 2.97. The fourth-order valence-electron chi connectivity index (χ4n) is 2.95. The molecule has 0 spiro atoms. The fraction of sp³-hybridized carbons (Fsp3) is 0.929. The van der Waals surface area contributed by atoms with Crippen LogP contribution in [0.15, 0.2) is 0 Å². The van der Waals surface area contributed by atoms with E-state index < -0.39 is 0 Å². The normalized spacial score (nSPS) is 31.1. The van der Waals surface area contributed by atoms with Gasteiger partial charge >= 0.3 is 0 Å². The van der Waals surface area contributed by atoms with E-state index in [2.05, 4.69) is 32.6 Å². The summed E-state index contributed by atoms with van der Waals surface area (Å²) >= 11 is 0. The van der Waals surface area contributed by atoms with Crippen LogP contribution in [0.1, 0.15) is 47.0 Å². The molecule has 0 aromatic carbocycles. The van der Waals surface area contributed by atoms with Crippen LogP contribution in [-0.4, -0.2) is 30.3 Å². The van der Waals surface area contributed by atoms with Crippen molar-refractivity contribution in [3.05, 3.63) is 0 Å². The van der Waals surface area contributed by atoms with Crippen molar-refractivity contribution in [1.29, 1.82) is 0 Å². The van der Waals surface area contributed by atoms with E-state index in [1.165, 1.54) is 12.8 Å². The van der Waals surface area contributed by atoms with Gasteiger partial charge in [-0.3, -0.25) is 4.79 Å². The quantitative estimate of drug-likeness (QED) is 0.717. The SMILES string of the molecule is CCCN(CC)CC1C(=O)CC(C)CC1C. The number of nitrogens with zero attached hydrogens (tertiary/aromatic N) is 1. The van der Waals surface area contributed by atoms with Crippen molar-refractivity contribution in [3.8, 4) is 0 Å². The van der Waals surface area contributed by atoms with Crippen LogP contribution >= 0.6 is 0 Å². The molecule has 2 heteroatoms. The molecular formula is C14H27NO. The summed E-state index contributed by atoms with van der Waals surface area (Å²) in [6.07, 6.45) is 3.21. The van der Waals surface area contributed by atoms with Gasteiger partial charge in [-0.2, -0.15) is 0 Å². The maximum Gasteiger partial charge on any atom is 0.137 e. The van der Waals surface area contributed by atoms with E-state index >= 15 is 0 Å². The number of rotatable bonds is 5. The Kier molecular flexibility index (Phi) is 5.47. The van der Waals surface area contributed by atoms with Crippen molar-refractivity contribution in [2.45, 2.75) is 47.0 Å². The van der Waals surface area contributed by atoms with Crippen LogP contribution in [0.3, 0.4) is 0 Å². The molecule has 1 fully saturated rings. The molecule has 3 unspecified atom stereocenters. The maximum absolute atomic E-state index is 12.0. The Morgan fingerprint density at radius 2 is 2.00 bits per heavy atom. The minimum atomic E-state index is 0.294. The monoisotopic (exact) mass is 225 g/mol. The van der Waals surface area contributed by atoms with Gasteiger partial charge < -0.3 is 4.90 Å². The third kappa shape index (κ3) is 3.58. The van der Waals surface area contributed by atoms with Gasteiger partial charge in [-0.05, 0) is 37.8 Å². The van der Waals surface area contributed by atoms with Gasteiger partial charge in [-0.25, -0.2) is 0 Å². The topological polar surface area (TPSA) is 20.3 Å². The van der Waals surface area contributed by atoms with E-state index in [0.29, 0.717) is 23.5 Å². The van der Waals surface area contributed by atoms with Crippen molar-refractivity contribution >= 4 is 5.78 Å². The van der Waals surface area contributed by atoms with Crippen LogP contribution in [0.25, 0.3) is 0 Å². The summed E-state index contributed by atoms with van der Waals surface area (Å²) in [6, 6.07) is 0. The van der Waals surface area contributed by atoms with Crippen molar-refractivity contribution in [2.24, 2.45) is 17.8 Å². The first-order valence-corrected chi connectivity index (χ1v) is 6.83. The molecule has 0 saturated heterocycles. The number of ketones is 1. The maximum atomic E-state index is 12.0. The molecule has 1 aliphatic rings. The fourth-order valence-corrected chi connectivity index (χ4v) is 2.95. The standard InChI is InChI=1S/C14H27NO/c1-5-7-15(6-2)10-13-12(4)8-11(3)9-14(13)16/h11-13H,5-10H2,1-4H3. The molecule has 0 bridgehead atoms. The lowest BCUT2D eigenvalue weighted by Crippen LogP contribution is -2.40. The number of carbonyl (C=O) groups excluding carboxylic acids is 1. The Hall–Kier alpha value is -0.370. The molecule has 2 nitrogen and oxygen atoms in total. The zero-order valence-corrected chi connectivity index (χ0v) is 11.3. The molecule has 0 aliphatic heterocycles. The third-order valence-electron chi connectivity index (χ3n) is 3.87. The molecule has 1 aliphatic carbocycles. The van der Waals surface area contributed by atoms with Crippen LogP contribution in [0, 0.1) is 17.8 Å². The Balaban J connectivity index is 2.54. The predicted molar refractivity (Wildman–Crippen MR) is 68.5 cm³/mol. The lowest BCUT2D eigenvalue weighted by Gasteiger charge is -2.34. The summed E-state index contributed by atoms with van der Waals surface area (Å²) in [4.78, 5) is 14.5. The van der Waals surface area contributed by atoms with Crippen LogP contribution in [0.2, 0.25) is 0 Å². The first kappa shape index (κ1) is 13.7. The zero-order chi connectivity index (χ0) is 12.1. The molecule has 0 heterocycles. The zero-order valence-electron chi connectivity index (χ0n) is 11.3. The van der Waals surface area contributed by atoms with Crippen molar-refractivity contribution < 1.29 is 4.79 Å². The van der Waals surface area contributed by atoms with Gasteiger partial charge in [0.05, 0.1) is 0 Å². The highest BCUT2D eigenvalue weighted by Crippen LogP contribution is 2.31. The molecule has 0 aromatic heterocycles. The first-order valence-electron chi connectivity index (χ1n) is 6.83. The average Bonchev–Trinajstić information content (AvgIpc) is 2.21. The highest BCUT2D eigenvalue weighted by atomic mass is 16.1. The van der Waals surface area contributed by atoms with Gasteiger partial charge in [-0.1, -0.05) is 27.7 Å². The molecule has 0 aromatic rings. The number of carbonyl (C=O) groups is 1. The summed E-state index contributed by atoms with van der Waals surface area (Å²) < 4.78 is 0. The van der Waals surface area contributed by atoms with Crippen LogP contribution in [0.4, 0.5) is 0 Å². The highest BCUT2D eigenvalue weighted by molar-refractivity contribution is 5.82. The van der Waals surface area contributed by atoms with Crippen LogP contribution in [-0.2, 0) is 4.79 Å². The summed E-state index contributed by atoms with van der Waals surface area (Å²) in [5, 5.41) is 0. The molecule has 16 heavy (non-hydrogen) atoms. The van der Waals surface area contributed by atoms with E-state index in [0.717, 1.165) is 26.1 Å². The summed E-state index contributed by atoms with van der Waals surface area (Å²) in [7, 11) is 0. The average molecular weight is 225 g/mol. The van der Waals surface area contributed by atoms with Gasteiger partial charge in [0.2, 0.25) is 0 Å². The van der Waals surface area contributed by atoms with E-state index in [-0.39, 0.29) is 0 Å². The van der Waals surface area contributed by atoms with E-state index in [1.54, 1.807) is 0 Å². The van der Waals surface area contributed by atoms with Crippen LogP contribution < -0.4 is 0 Å². The second-order valence-electron chi connectivity index (χ2n) is 5.49. The summed E-state index contributed by atoms with van der Waals surface area (Å²) in [6.45, 7) is 12.0. The Labute approximate surface area is 100 Å². The Morgan fingerprint density at radius 1 is 1.31 bits per heavy atom. The molecule has 1 rings (SSSR count). The summed E-state index contributed by atoms with van der Waals surface area (Å²) in [5.41, 5.74) is 0. The number of hydrogen-bond acceptors (Lipinski definition) is 2. The second-order valence-corrected chi connectivity index (χ2v) is 5.49. The van der Waals surface area contributed by atoms with E-state index in [9.17, 15) is 4.79 Å². The largest absolute Gasteiger partial charge is 0.303 e. The van der Waals surface area contributed by atoms with Gasteiger partial charge in [-0.15, -0.1) is 0 Å². The summed E-state index contributed by atoms with van der Waals surface area (Å²) in [5.74, 6) is 1.96. The highest BCUT2D eigenvalue weighted by Gasteiger charge is 2.32. The molecular weight excluding hydrogens is 198 g/mol. The van der Waals surface area contributed by atoms with E-state index in [1.807, 2.05) is 0 Å². The van der Waals surface area contributed by atoms with Gasteiger partial charge in [0, 0.05) is 18.9 Å². The Bertz CT molecular complexity index is 227. The minimum absolute atomic E-state index is 0.294. The van der Waals surface area contributed by atoms with Crippen molar-refractivity contribution in [2.75, 3.05) is 19.6 Å². The second kappa shape index (κ2) is 6.39. The lowest BCUT2D eigenvalue weighted by molar-refractivity contribution is -0.128. The smallest absolute Gasteiger partial charge is 0.137 e. The number of hydrogen-bond donors (Lipinski definition) is 0. The molecule has 1 saturated carbocycles. The first-order chi connectivity index (χ1) is 7.58. The van der Waals surface area contributed by atoms with Crippen molar-refractivity contribution in [3.63, 3.8) is 0 Å². The van der Waals surface area contributed by atoms with Crippen molar-refractivity contribution in [1.82, 2.24) is 4.90 Å².